The number of carbonyl (C=O) groups is 4. The van der Waals surface area contributed by atoms with Crippen LogP contribution in [0.15, 0.2) is 120 Å². The molecule has 2 aromatic carbocycles. The summed E-state index contributed by atoms with van der Waals surface area (Å²) in [4.78, 5) is 62.8. The quantitative estimate of drug-likeness (QED) is 0.139. The number of anilines is 4. The lowest BCUT2D eigenvalue weighted by atomic mass is 10.2. The van der Waals surface area contributed by atoms with Crippen LogP contribution in [0.25, 0.3) is 0 Å². The van der Waals surface area contributed by atoms with Crippen molar-refractivity contribution in [3.8, 4) is 0 Å². The van der Waals surface area contributed by atoms with Gasteiger partial charge in [0.25, 0.3) is 17.7 Å². The van der Waals surface area contributed by atoms with Crippen LogP contribution in [0.3, 0.4) is 0 Å². The van der Waals surface area contributed by atoms with E-state index >= 15 is 0 Å². The van der Waals surface area contributed by atoms with Gasteiger partial charge in [-0.1, -0.05) is 36.4 Å². The third-order valence-electron chi connectivity index (χ3n) is 5.71. The van der Waals surface area contributed by atoms with Gasteiger partial charge in [-0.2, -0.15) is 0 Å². The molecule has 6 rings (SSSR count). The minimum Gasteiger partial charge on any atom is -0.476 e. The maximum Gasteiger partial charge on any atom is 0.356 e. The Hall–Kier alpha value is -6.32. The van der Waals surface area contributed by atoms with E-state index in [4.69, 9.17) is 10.8 Å². The highest BCUT2D eigenvalue weighted by Crippen LogP contribution is 2.18. The number of nitrogens with zero attached hydrogens (tertiary/aromatic N) is 4. The molecule has 236 valence electrons. The molecule has 0 aliphatic rings. The number of carbonyl (C=O) groups excluding carboxylic acids is 3. The summed E-state index contributed by atoms with van der Waals surface area (Å²) in [6.45, 7) is 0. The predicted octanol–water partition coefficient (Wildman–Crippen LogP) is 5.80. The summed E-state index contributed by atoms with van der Waals surface area (Å²) in [7, 11) is 0. The highest BCUT2D eigenvalue weighted by molar-refractivity contribution is 7.13. The number of hydrogen-bond donors (Lipinski definition) is 5. The third kappa shape index (κ3) is 10.4. The summed E-state index contributed by atoms with van der Waals surface area (Å²) in [5.74, 6) is -2.28. The summed E-state index contributed by atoms with van der Waals surface area (Å²) in [6.07, 6.45) is 6.13. The first-order chi connectivity index (χ1) is 22.8. The van der Waals surface area contributed by atoms with Gasteiger partial charge in [0.2, 0.25) is 0 Å². The van der Waals surface area contributed by atoms with E-state index in [-0.39, 0.29) is 28.9 Å². The fraction of sp³-hybridized carbons (Fsp3) is 0. The van der Waals surface area contributed by atoms with Crippen LogP contribution in [0.4, 0.5) is 21.6 Å². The van der Waals surface area contributed by atoms with Crippen molar-refractivity contribution in [3.63, 3.8) is 0 Å². The summed E-state index contributed by atoms with van der Waals surface area (Å²) in [5.41, 5.74) is 6.62. The smallest absolute Gasteiger partial charge is 0.356 e. The van der Waals surface area contributed by atoms with Gasteiger partial charge in [-0.3, -0.25) is 19.7 Å². The number of nitrogens with one attached hydrogen (secondary N) is 3. The van der Waals surface area contributed by atoms with E-state index in [1.54, 1.807) is 90.6 Å². The van der Waals surface area contributed by atoms with Gasteiger partial charge in [-0.25, -0.2) is 24.7 Å². The molecule has 4 aromatic heterocycles. The average molecular weight is 667 g/mol. The number of aromatic nitrogens is 4. The Morgan fingerprint density at radius 1 is 0.553 bits per heavy atom. The van der Waals surface area contributed by atoms with E-state index in [1.165, 1.54) is 41.1 Å². The van der Waals surface area contributed by atoms with E-state index in [2.05, 4.69) is 35.9 Å². The molecular formula is C32H26N8O5S2. The van der Waals surface area contributed by atoms with Gasteiger partial charge >= 0.3 is 5.97 Å². The Bertz CT molecular complexity index is 1910. The zero-order valence-corrected chi connectivity index (χ0v) is 25.9. The van der Waals surface area contributed by atoms with Crippen molar-refractivity contribution in [2.24, 2.45) is 0 Å². The van der Waals surface area contributed by atoms with Crippen molar-refractivity contribution in [2.45, 2.75) is 0 Å². The van der Waals surface area contributed by atoms with Crippen molar-refractivity contribution >= 4 is 68.0 Å². The number of benzene rings is 2. The highest BCUT2D eigenvalue weighted by atomic mass is 32.1. The lowest BCUT2D eigenvalue weighted by molar-refractivity contribution is 0.0691. The second-order valence-electron chi connectivity index (χ2n) is 8.91. The Kier molecular flexibility index (Phi) is 12.3. The molecule has 0 saturated heterocycles. The Morgan fingerprint density at radius 2 is 1.06 bits per heavy atom. The third-order valence-corrected chi connectivity index (χ3v) is 7.00. The normalized spacial score (nSPS) is 9.79. The fourth-order valence-corrected chi connectivity index (χ4v) is 4.51. The number of nitrogen functional groups attached to an aromatic ring is 1. The standard InChI is InChI=1S/C16H12N4O2S.C13H10N2O3.C3H4N2S/c21-14(11-5-2-1-3-6-11)19-12-7-4-8-17-13(12)15(22)20-16-18-9-10-23-16;16-12(9-5-2-1-3-6-9)15-10-7-4-8-14-11(10)13(17)18;4-3-5-1-2-6-3/h1-10H,(H,19,21)(H,18,20,22);1-8H,(H,15,16)(H,17,18);1-2H,(H2,4,5). The zero-order valence-electron chi connectivity index (χ0n) is 24.3. The molecule has 0 unspecified atom stereocenters. The topological polar surface area (TPSA) is 202 Å². The molecule has 0 fully saturated rings. The Balaban J connectivity index is 0.000000184. The van der Waals surface area contributed by atoms with Crippen LogP contribution in [0, 0.1) is 0 Å². The van der Waals surface area contributed by atoms with Gasteiger partial charge < -0.3 is 21.5 Å². The van der Waals surface area contributed by atoms with Crippen LogP contribution in [0.2, 0.25) is 0 Å². The van der Waals surface area contributed by atoms with Gasteiger partial charge in [0.15, 0.2) is 21.7 Å². The number of hydrogen-bond acceptors (Lipinski definition) is 11. The maximum absolute atomic E-state index is 12.3. The number of rotatable bonds is 7. The fourth-order valence-electron chi connectivity index (χ4n) is 3.61. The van der Waals surface area contributed by atoms with Crippen molar-refractivity contribution in [1.29, 1.82) is 0 Å². The van der Waals surface area contributed by atoms with Gasteiger partial charge in [-0.05, 0) is 48.5 Å². The lowest BCUT2D eigenvalue weighted by Crippen LogP contribution is -2.19. The number of carboxylic acid groups (broad SMARTS) is 1. The molecule has 0 aliphatic carbocycles. The van der Waals surface area contributed by atoms with Gasteiger partial charge in [0.1, 0.15) is 0 Å². The van der Waals surface area contributed by atoms with Crippen molar-refractivity contribution in [3.05, 3.63) is 143 Å². The zero-order chi connectivity index (χ0) is 33.4. The van der Waals surface area contributed by atoms with E-state index < -0.39 is 11.9 Å². The lowest BCUT2D eigenvalue weighted by Gasteiger charge is -2.09. The molecule has 6 aromatic rings. The minimum absolute atomic E-state index is 0.131. The van der Waals surface area contributed by atoms with E-state index in [0.29, 0.717) is 27.1 Å². The molecule has 0 bridgehead atoms. The van der Waals surface area contributed by atoms with Crippen molar-refractivity contribution in [1.82, 2.24) is 19.9 Å². The monoisotopic (exact) mass is 666 g/mol. The summed E-state index contributed by atoms with van der Waals surface area (Å²) < 4.78 is 0. The van der Waals surface area contributed by atoms with Crippen LogP contribution in [-0.4, -0.2) is 48.7 Å². The largest absolute Gasteiger partial charge is 0.476 e. The van der Waals surface area contributed by atoms with E-state index in [1.807, 2.05) is 11.4 Å². The molecule has 6 N–H and O–H groups in total. The van der Waals surface area contributed by atoms with Crippen LogP contribution in [0.5, 0.6) is 0 Å². The number of pyridine rings is 2. The molecule has 0 spiro atoms. The number of thiazole rings is 2. The van der Waals surface area contributed by atoms with Crippen LogP contribution >= 0.6 is 22.7 Å². The molecule has 3 amide bonds. The molecule has 15 heteroatoms. The van der Waals surface area contributed by atoms with Crippen molar-refractivity contribution < 1.29 is 24.3 Å². The van der Waals surface area contributed by atoms with Gasteiger partial charge in [0.05, 0.1) is 11.4 Å². The average Bonchev–Trinajstić information content (AvgIpc) is 3.80. The van der Waals surface area contributed by atoms with E-state index in [9.17, 15) is 19.2 Å². The predicted molar refractivity (Wildman–Crippen MR) is 181 cm³/mol. The number of aromatic carboxylic acids is 1. The van der Waals surface area contributed by atoms with Crippen LogP contribution in [0.1, 0.15) is 41.7 Å². The second-order valence-corrected chi connectivity index (χ2v) is 10.7. The van der Waals surface area contributed by atoms with Gasteiger partial charge in [0, 0.05) is 46.7 Å². The van der Waals surface area contributed by atoms with Gasteiger partial charge in [-0.15, -0.1) is 22.7 Å². The Morgan fingerprint density at radius 3 is 1.51 bits per heavy atom. The molecule has 13 nitrogen and oxygen atoms in total. The Labute approximate surface area is 276 Å². The molecule has 0 atom stereocenters. The highest BCUT2D eigenvalue weighted by Gasteiger charge is 2.17. The van der Waals surface area contributed by atoms with E-state index in [0.717, 1.165) is 0 Å². The van der Waals surface area contributed by atoms with Crippen LogP contribution in [-0.2, 0) is 0 Å². The molecule has 0 saturated carbocycles. The van der Waals surface area contributed by atoms with Crippen molar-refractivity contribution in [2.75, 3.05) is 21.7 Å². The summed E-state index contributed by atoms with van der Waals surface area (Å²) >= 11 is 2.75. The number of nitrogens with two attached hydrogens (primary N) is 1. The molecule has 4 heterocycles. The SMILES string of the molecule is Nc1nccs1.O=C(Nc1cccnc1C(=O)Nc1nccs1)c1ccccc1.O=C(Nc1cccnc1C(=O)O)c1ccccc1. The second kappa shape index (κ2) is 17.2. The summed E-state index contributed by atoms with van der Waals surface area (Å²) in [5, 5.41) is 21.5. The maximum atomic E-state index is 12.3. The van der Waals surface area contributed by atoms with Crippen LogP contribution < -0.4 is 21.7 Å². The first-order valence-corrected chi connectivity index (χ1v) is 15.3. The summed E-state index contributed by atoms with van der Waals surface area (Å²) in [6, 6.07) is 23.7. The number of carboxylic acids is 1. The minimum atomic E-state index is -1.18. The molecule has 47 heavy (non-hydrogen) atoms. The first-order valence-electron chi connectivity index (χ1n) is 13.5. The molecular weight excluding hydrogens is 641 g/mol. The molecule has 0 aliphatic heterocycles. The first kappa shape index (κ1) is 33.6. The number of amides is 3. The molecule has 0 radical (unpaired) electrons.